The number of halogens is 1. The Labute approximate surface area is 170 Å². The van der Waals surface area contributed by atoms with Gasteiger partial charge in [0.2, 0.25) is 15.9 Å². The van der Waals surface area contributed by atoms with E-state index in [1.165, 1.54) is 16.4 Å². The second-order valence-corrected chi connectivity index (χ2v) is 9.13. The molecule has 0 unspecified atom stereocenters. The lowest BCUT2D eigenvalue weighted by Gasteiger charge is -2.28. The summed E-state index contributed by atoms with van der Waals surface area (Å²) in [6.45, 7) is 1.08. The number of amides is 1. The summed E-state index contributed by atoms with van der Waals surface area (Å²) in [5.74, 6) is 0.195. The van der Waals surface area contributed by atoms with Crippen molar-refractivity contribution in [3.05, 3.63) is 65.0 Å². The van der Waals surface area contributed by atoms with Crippen molar-refractivity contribution in [1.82, 2.24) is 9.62 Å². The van der Waals surface area contributed by atoms with E-state index in [9.17, 15) is 17.6 Å². The highest BCUT2D eigenvalue weighted by Gasteiger charge is 2.26. The maximum atomic E-state index is 12.9. The molecule has 0 radical (unpaired) electrons. The van der Waals surface area contributed by atoms with E-state index in [-0.39, 0.29) is 30.4 Å². The van der Waals surface area contributed by atoms with Crippen LogP contribution in [0.5, 0.6) is 5.75 Å². The molecule has 1 aliphatic heterocycles. The van der Waals surface area contributed by atoms with Crippen LogP contribution in [-0.2, 0) is 34.2 Å². The quantitative estimate of drug-likeness (QED) is 0.665. The molecule has 1 aliphatic rings. The number of benzene rings is 2. The minimum Gasteiger partial charge on any atom is -0.497 e. The molecule has 0 saturated heterocycles. The summed E-state index contributed by atoms with van der Waals surface area (Å²) in [5, 5.41) is 2.72. The topological polar surface area (TPSA) is 75.7 Å². The van der Waals surface area contributed by atoms with Crippen LogP contribution >= 0.6 is 0 Å². The number of fused-ring (bicyclic) bond motifs is 1. The Morgan fingerprint density at radius 3 is 2.66 bits per heavy atom. The SMILES string of the molecule is COc1ccc2c(c1)CCN(S(=O)(=O)CCCNC(=O)Cc1ccc(F)cc1)C2. The van der Waals surface area contributed by atoms with E-state index in [2.05, 4.69) is 5.32 Å². The zero-order valence-corrected chi connectivity index (χ0v) is 17.2. The molecule has 3 rings (SSSR count). The third-order valence-electron chi connectivity index (χ3n) is 4.96. The molecule has 0 spiro atoms. The third-order valence-corrected chi connectivity index (χ3v) is 6.87. The van der Waals surface area contributed by atoms with Gasteiger partial charge in [0.15, 0.2) is 0 Å². The number of rotatable bonds is 8. The van der Waals surface area contributed by atoms with Gasteiger partial charge in [-0.1, -0.05) is 18.2 Å². The molecule has 0 atom stereocenters. The number of carbonyl (C=O) groups excluding carboxylic acids is 1. The van der Waals surface area contributed by atoms with Gasteiger partial charge in [0.25, 0.3) is 0 Å². The second kappa shape index (κ2) is 9.37. The molecule has 1 N–H and O–H groups in total. The van der Waals surface area contributed by atoms with E-state index in [0.717, 1.165) is 16.9 Å². The highest BCUT2D eigenvalue weighted by molar-refractivity contribution is 7.89. The number of nitrogens with one attached hydrogen (secondary N) is 1. The smallest absolute Gasteiger partial charge is 0.224 e. The van der Waals surface area contributed by atoms with E-state index < -0.39 is 10.0 Å². The molecule has 0 saturated carbocycles. The fourth-order valence-corrected chi connectivity index (χ4v) is 4.80. The normalized spacial score (nSPS) is 14.3. The fourth-order valence-electron chi connectivity index (χ4n) is 3.33. The molecular weight excluding hydrogens is 395 g/mol. The van der Waals surface area contributed by atoms with Crippen LogP contribution in [0.3, 0.4) is 0 Å². The lowest BCUT2D eigenvalue weighted by Crippen LogP contribution is -2.38. The van der Waals surface area contributed by atoms with Crippen molar-refractivity contribution in [3.8, 4) is 5.75 Å². The Morgan fingerprint density at radius 1 is 1.17 bits per heavy atom. The van der Waals surface area contributed by atoms with E-state index >= 15 is 0 Å². The summed E-state index contributed by atoms with van der Waals surface area (Å²) >= 11 is 0. The molecule has 6 nitrogen and oxygen atoms in total. The van der Waals surface area contributed by atoms with Crippen LogP contribution in [0.4, 0.5) is 4.39 Å². The Balaban J connectivity index is 1.45. The van der Waals surface area contributed by atoms with Crippen LogP contribution < -0.4 is 10.1 Å². The monoisotopic (exact) mass is 420 g/mol. The highest BCUT2D eigenvalue weighted by atomic mass is 32.2. The van der Waals surface area contributed by atoms with Crippen molar-refractivity contribution in [2.75, 3.05) is 26.0 Å². The first-order valence-corrected chi connectivity index (χ1v) is 11.1. The maximum absolute atomic E-state index is 12.9. The molecule has 2 aromatic carbocycles. The van der Waals surface area contributed by atoms with E-state index in [1.54, 1.807) is 19.2 Å². The minimum atomic E-state index is -3.39. The van der Waals surface area contributed by atoms with Gasteiger partial charge in [0.05, 0.1) is 19.3 Å². The van der Waals surface area contributed by atoms with E-state index in [1.807, 2.05) is 18.2 Å². The molecule has 8 heteroatoms. The average Bonchev–Trinajstić information content (AvgIpc) is 2.72. The van der Waals surface area contributed by atoms with Crippen molar-refractivity contribution < 1.29 is 22.3 Å². The second-order valence-electron chi connectivity index (χ2n) is 7.04. The summed E-state index contributed by atoms with van der Waals surface area (Å²) in [6, 6.07) is 11.4. The molecule has 1 amide bonds. The van der Waals surface area contributed by atoms with Gasteiger partial charge in [-0.3, -0.25) is 4.79 Å². The summed E-state index contributed by atoms with van der Waals surface area (Å²) in [7, 11) is -1.78. The van der Waals surface area contributed by atoms with Crippen molar-refractivity contribution >= 4 is 15.9 Å². The van der Waals surface area contributed by atoms with Crippen LogP contribution in [0.15, 0.2) is 42.5 Å². The van der Waals surface area contributed by atoms with Gasteiger partial charge in [-0.2, -0.15) is 4.31 Å². The molecule has 1 heterocycles. The van der Waals surface area contributed by atoms with Crippen LogP contribution in [0.2, 0.25) is 0 Å². The first-order chi connectivity index (χ1) is 13.9. The van der Waals surface area contributed by atoms with Gasteiger partial charge in [-0.15, -0.1) is 0 Å². The van der Waals surface area contributed by atoms with E-state index in [0.29, 0.717) is 31.5 Å². The molecule has 156 valence electrons. The lowest BCUT2D eigenvalue weighted by atomic mass is 10.0. The number of methoxy groups -OCH3 is 1. The Kier molecular flexibility index (Phi) is 6.87. The van der Waals surface area contributed by atoms with Crippen LogP contribution in [0, 0.1) is 5.82 Å². The number of ether oxygens (including phenoxy) is 1. The number of hydrogen-bond acceptors (Lipinski definition) is 4. The van der Waals surface area contributed by atoms with Crippen LogP contribution in [-0.4, -0.2) is 44.6 Å². The number of sulfonamides is 1. The van der Waals surface area contributed by atoms with Gasteiger partial charge in [0.1, 0.15) is 11.6 Å². The van der Waals surface area contributed by atoms with Gasteiger partial charge in [-0.25, -0.2) is 12.8 Å². The third kappa shape index (κ3) is 5.77. The Hall–Kier alpha value is -2.45. The molecule has 29 heavy (non-hydrogen) atoms. The van der Waals surface area contributed by atoms with Crippen LogP contribution in [0.1, 0.15) is 23.1 Å². The number of nitrogens with zero attached hydrogens (tertiary/aromatic N) is 1. The van der Waals surface area contributed by atoms with Gasteiger partial charge in [-0.05, 0) is 53.8 Å². The standard InChI is InChI=1S/C21H25FN2O4S/c1-28-20-8-5-18-15-24(11-9-17(18)14-20)29(26,27)12-2-10-23-21(25)13-16-3-6-19(22)7-4-16/h3-8,14H,2,9-13,15H2,1H3,(H,23,25). The van der Waals surface area contributed by atoms with Gasteiger partial charge in [0, 0.05) is 19.6 Å². The largest absolute Gasteiger partial charge is 0.497 e. The first-order valence-electron chi connectivity index (χ1n) is 9.52. The first kappa shape index (κ1) is 21.3. The zero-order chi connectivity index (χ0) is 20.9. The highest BCUT2D eigenvalue weighted by Crippen LogP contribution is 2.25. The lowest BCUT2D eigenvalue weighted by molar-refractivity contribution is -0.120. The Bertz CT molecular complexity index is 961. The van der Waals surface area contributed by atoms with Crippen molar-refractivity contribution in [1.29, 1.82) is 0 Å². The molecule has 0 fully saturated rings. The summed E-state index contributed by atoms with van der Waals surface area (Å²) in [4.78, 5) is 11.9. The molecule has 0 aromatic heterocycles. The molecular formula is C21H25FN2O4S. The average molecular weight is 421 g/mol. The molecule has 2 aromatic rings. The molecule has 0 aliphatic carbocycles. The predicted molar refractivity (Wildman–Crippen MR) is 109 cm³/mol. The predicted octanol–water partition coefficient (Wildman–Crippen LogP) is 2.27. The van der Waals surface area contributed by atoms with Crippen molar-refractivity contribution in [2.24, 2.45) is 0 Å². The summed E-state index contributed by atoms with van der Waals surface area (Å²) in [6.07, 6.45) is 1.13. The minimum absolute atomic E-state index is 0.0185. The summed E-state index contributed by atoms with van der Waals surface area (Å²) < 4.78 is 44.9. The zero-order valence-electron chi connectivity index (χ0n) is 16.4. The van der Waals surface area contributed by atoms with Crippen molar-refractivity contribution in [2.45, 2.75) is 25.8 Å². The maximum Gasteiger partial charge on any atom is 0.224 e. The number of hydrogen-bond donors (Lipinski definition) is 1. The van der Waals surface area contributed by atoms with Gasteiger partial charge >= 0.3 is 0 Å². The van der Waals surface area contributed by atoms with Crippen molar-refractivity contribution in [3.63, 3.8) is 0 Å². The number of carbonyl (C=O) groups is 1. The summed E-state index contributed by atoms with van der Waals surface area (Å²) in [5.41, 5.74) is 2.82. The van der Waals surface area contributed by atoms with Crippen LogP contribution in [0.25, 0.3) is 0 Å². The Morgan fingerprint density at radius 2 is 1.93 bits per heavy atom. The fraction of sp³-hybridized carbons (Fsp3) is 0.381. The van der Waals surface area contributed by atoms with E-state index in [4.69, 9.17) is 4.74 Å². The van der Waals surface area contributed by atoms with Gasteiger partial charge < -0.3 is 10.1 Å². The molecule has 0 bridgehead atoms.